The Bertz CT molecular complexity index is 1870. The summed E-state index contributed by atoms with van der Waals surface area (Å²) in [5.74, 6) is 0.224. The second kappa shape index (κ2) is 15.7. The summed E-state index contributed by atoms with van der Waals surface area (Å²) in [4.78, 5) is 17.9. The highest BCUT2D eigenvalue weighted by molar-refractivity contribution is 7.90. The van der Waals surface area contributed by atoms with Gasteiger partial charge in [-0.15, -0.1) is 0 Å². The Kier molecular flexibility index (Phi) is 11.0. The maximum atomic E-state index is 13.1. The SMILES string of the molecule is Cc1ccc(C2=CCCC=C2CN2CCN(c3ccc(C(=O)NS(=O)(=O)c4ccc(NCCOC5=CCCC=C5)c(C)c4)cc3)CC2)cc1. The predicted molar refractivity (Wildman–Crippen MR) is 198 cm³/mol. The number of benzene rings is 3. The van der Waals surface area contributed by atoms with Crippen molar-refractivity contribution >= 4 is 32.9 Å². The lowest BCUT2D eigenvalue weighted by molar-refractivity contribution is 0.0981. The minimum Gasteiger partial charge on any atom is -0.492 e. The molecule has 0 aromatic heterocycles. The molecular weight excluding hydrogens is 633 g/mol. The van der Waals surface area contributed by atoms with Crippen LogP contribution in [-0.2, 0) is 14.8 Å². The van der Waals surface area contributed by atoms with Crippen LogP contribution in [-0.4, -0.2) is 65.1 Å². The van der Waals surface area contributed by atoms with Gasteiger partial charge in [0.1, 0.15) is 12.4 Å². The molecule has 0 spiro atoms. The van der Waals surface area contributed by atoms with E-state index in [0.717, 1.165) is 81.1 Å². The number of hydrogen-bond acceptors (Lipinski definition) is 7. The number of amides is 1. The zero-order valence-corrected chi connectivity index (χ0v) is 29.3. The summed E-state index contributed by atoms with van der Waals surface area (Å²) in [5.41, 5.74) is 8.21. The number of carbonyl (C=O) groups excluding carboxylic acids is 1. The molecule has 1 saturated heterocycles. The van der Waals surface area contributed by atoms with Gasteiger partial charge in [0.2, 0.25) is 0 Å². The van der Waals surface area contributed by atoms with E-state index in [9.17, 15) is 13.2 Å². The molecule has 0 radical (unpaired) electrons. The van der Waals surface area contributed by atoms with E-state index >= 15 is 0 Å². The molecule has 256 valence electrons. The molecule has 0 saturated carbocycles. The summed E-state index contributed by atoms with van der Waals surface area (Å²) in [5, 5.41) is 3.29. The average molecular weight is 679 g/mol. The van der Waals surface area contributed by atoms with Crippen LogP contribution in [0.25, 0.3) is 5.57 Å². The number of piperazine rings is 1. The molecule has 3 aromatic rings. The normalized spacial score (nSPS) is 16.8. The van der Waals surface area contributed by atoms with Crippen LogP contribution >= 0.6 is 0 Å². The Morgan fingerprint density at radius 2 is 1.57 bits per heavy atom. The second-order valence-corrected chi connectivity index (χ2v) is 14.6. The molecule has 8 nitrogen and oxygen atoms in total. The first kappa shape index (κ1) is 34.3. The maximum Gasteiger partial charge on any atom is 0.264 e. The van der Waals surface area contributed by atoms with Crippen molar-refractivity contribution in [2.24, 2.45) is 0 Å². The van der Waals surface area contributed by atoms with Crippen LogP contribution in [0.2, 0.25) is 0 Å². The Labute approximate surface area is 290 Å². The average Bonchev–Trinajstić information content (AvgIpc) is 3.12. The predicted octanol–water partition coefficient (Wildman–Crippen LogP) is 7.01. The lowest BCUT2D eigenvalue weighted by atomic mass is 9.91. The number of ether oxygens (including phenoxy) is 1. The van der Waals surface area contributed by atoms with E-state index in [4.69, 9.17) is 4.74 Å². The van der Waals surface area contributed by atoms with Gasteiger partial charge in [0.25, 0.3) is 15.9 Å². The second-order valence-electron chi connectivity index (χ2n) is 12.9. The number of nitrogens with zero attached hydrogens (tertiary/aromatic N) is 2. The molecule has 1 heterocycles. The summed E-state index contributed by atoms with van der Waals surface area (Å²) in [6.45, 7) is 9.60. The molecule has 2 N–H and O–H groups in total. The van der Waals surface area contributed by atoms with Crippen LogP contribution in [0.3, 0.4) is 0 Å². The molecule has 1 fully saturated rings. The van der Waals surface area contributed by atoms with E-state index in [-0.39, 0.29) is 4.90 Å². The van der Waals surface area contributed by atoms with Crippen LogP contribution in [0.15, 0.2) is 113 Å². The van der Waals surface area contributed by atoms with Gasteiger partial charge in [-0.05, 0) is 116 Å². The number of anilines is 2. The molecule has 0 atom stereocenters. The highest BCUT2D eigenvalue weighted by Crippen LogP contribution is 2.30. The Morgan fingerprint density at radius 1 is 0.837 bits per heavy atom. The standard InChI is InChI=1S/C40H46N4O4S/c1-30-12-14-32(15-13-30)38-11-7-6-8-34(38)29-43-23-25-44(26-24-43)35-18-16-33(17-19-35)40(45)42-49(46,47)37-20-21-39(31(2)28-37)41-22-27-48-36-9-4-3-5-10-36/h4,8-21,28,41H,3,5-7,22-27,29H2,1-2H3,(H,42,45). The van der Waals surface area contributed by atoms with Gasteiger partial charge in [-0.25, -0.2) is 13.1 Å². The van der Waals surface area contributed by atoms with Crippen LogP contribution < -0.4 is 14.9 Å². The number of allylic oxidation sites excluding steroid dienone is 5. The molecule has 49 heavy (non-hydrogen) atoms. The third kappa shape index (κ3) is 8.90. The van der Waals surface area contributed by atoms with Crippen molar-refractivity contribution < 1.29 is 17.9 Å². The number of rotatable bonds is 12. The fourth-order valence-corrected chi connectivity index (χ4v) is 7.49. The van der Waals surface area contributed by atoms with Crippen LogP contribution in [0.1, 0.15) is 52.7 Å². The summed E-state index contributed by atoms with van der Waals surface area (Å²) in [6.07, 6.45) is 15.1. The first-order valence-electron chi connectivity index (χ1n) is 17.2. The van der Waals surface area contributed by atoms with Gasteiger partial charge in [-0.1, -0.05) is 48.1 Å². The van der Waals surface area contributed by atoms with E-state index in [1.807, 2.05) is 25.1 Å². The van der Waals surface area contributed by atoms with E-state index in [1.54, 1.807) is 24.3 Å². The first-order chi connectivity index (χ1) is 23.7. The highest BCUT2D eigenvalue weighted by atomic mass is 32.2. The van der Waals surface area contributed by atoms with Crippen molar-refractivity contribution in [3.05, 3.63) is 131 Å². The number of aryl methyl sites for hydroxylation is 2. The van der Waals surface area contributed by atoms with Crippen LogP contribution in [0.5, 0.6) is 0 Å². The minimum absolute atomic E-state index is 0.0395. The smallest absolute Gasteiger partial charge is 0.264 e. The Balaban J connectivity index is 0.982. The van der Waals surface area contributed by atoms with Crippen molar-refractivity contribution in [1.29, 1.82) is 0 Å². The van der Waals surface area contributed by atoms with Gasteiger partial charge in [-0.2, -0.15) is 0 Å². The number of hydrogen-bond donors (Lipinski definition) is 2. The van der Waals surface area contributed by atoms with Crippen molar-refractivity contribution in [2.45, 2.75) is 44.4 Å². The lowest BCUT2D eigenvalue weighted by Crippen LogP contribution is -2.47. The third-order valence-electron chi connectivity index (χ3n) is 9.26. The van der Waals surface area contributed by atoms with Crippen molar-refractivity contribution in [2.75, 3.05) is 56.1 Å². The van der Waals surface area contributed by atoms with Crippen LogP contribution in [0, 0.1) is 13.8 Å². The van der Waals surface area contributed by atoms with Gasteiger partial charge in [0, 0.05) is 56.2 Å². The number of sulfonamides is 1. The molecule has 2 aliphatic carbocycles. The van der Waals surface area contributed by atoms with Crippen molar-refractivity contribution in [1.82, 2.24) is 9.62 Å². The van der Waals surface area contributed by atoms with Gasteiger partial charge in [0.05, 0.1) is 4.90 Å². The Hall–Kier alpha value is -4.60. The summed E-state index contributed by atoms with van der Waals surface area (Å²) >= 11 is 0. The zero-order valence-electron chi connectivity index (χ0n) is 28.5. The topological polar surface area (TPSA) is 91.0 Å². The maximum absolute atomic E-state index is 13.1. The quantitative estimate of drug-likeness (QED) is 0.199. The third-order valence-corrected chi connectivity index (χ3v) is 10.6. The zero-order chi connectivity index (χ0) is 34.2. The van der Waals surface area contributed by atoms with Gasteiger partial charge in [-0.3, -0.25) is 9.69 Å². The molecule has 0 unspecified atom stereocenters. The summed E-state index contributed by atoms with van der Waals surface area (Å²) in [6, 6.07) is 20.8. The lowest BCUT2D eigenvalue weighted by Gasteiger charge is -2.37. The fraction of sp³-hybridized carbons (Fsp3) is 0.325. The molecule has 3 aliphatic rings. The van der Waals surface area contributed by atoms with Gasteiger partial charge >= 0.3 is 0 Å². The van der Waals surface area contributed by atoms with Gasteiger partial charge < -0.3 is 15.0 Å². The van der Waals surface area contributed by atoms with E-state index in [0.29, 0.717) is 18.7 Å². The minimum atomic E-state index is -4.05. The highest BCUT2D eigenvalue weighted by Gasteiger charge is 2.22. The van der Waals surface area contributed by atoms with Crippen molar-refractivity contribution in [3.63, 3.8) is 0 Å². The van der Waals surface area contributed by atoms with E-state index in [2.05, 4.69) is 75.3 Å². The molecule has 9 heteroatoms. The van der Waals surface area contributed by atoms with E-state index in [1.165, 1.54) is 28.3 Å². The van der Waals surface area contributed by atoms with E-state index < -0.39 is 15.9 Å². The largest absolute Gasteiger partial charge is 0.492 e. The molecular formula is C40H46N4O4S. The molecule has 3 aromatic carbocycles. The van der Waals surface area contributed by atoms with Gasteiger partial charge in [0.15, 0.2) is 0 Å². The molecule has 1 aliphatic heterocycles. The summed E-state index contributed by atoms with van der Waals surface area (Å²) < 4.78 is 34.2. The fourth-order valence-electron chi connectivity index (χ4n) is 6.43. The molecule has 6 rings (SSSR count). The number of nitrogens with one attached hydrogen (secondary N) is 2. The number of carbonyl (C=O) groups is 1. The monoisotopic (exact) mass is 678 g/mol. The molecule has 0 bridgehead atoms. The van der Waals surface area contributed by atoms with Crippen LogP contribution in [0.4, 0.5) is 11.4 Å². The first-order valence-corrected chi connectivity index (χ1v) is 18.7. The molecule has 1 amide bonds. The Morgan fingerprint density at radius 3 is 2.29 bits per heavy atom. The summed E-state index contributed by atoms with van der Waals surface area (Å²) in [7, 11) is -4.05. The van der Waals surface area contributed by atoms with Crippen molar-refractivity contribution in [3.8, 4) is 0 Å².